The molecule has 0 amide bonds. The van der Waals surface area contributed by atoms with Crippen molar-refractivity contribution in [2.24, 2.45) is 0 Å². The number of ether oxygens (including phenoxy) is 1. The maximum atomic E-state index is 5.76. The average molecular weight is 198 g/mol. The van der Waals surface area contributed by atoms with Crippen LogP contribution in [0.5, 0.6) is 5.75 Å². The quantitative estimate of drug-likeness (QED) is 0.696. The highest BCUT2D eigenvalue weighted by atomic mass is 35.5. The van der Waals surface area contributed by atoms with Gasteiger partial charge in [-0.1, -0.05) is 0 Å². The van der Waals surface area contributed by atoms with Crippen molar-refractivity contribution in [3.8, 4) is 5.75 Å². The number of hydrogen-bond acceptors (Lipinski definition) is 2. The van der Waals surface area contributed by atoms with Gasteiger partial charge >= 0.3 is 0 Å². The van der Waals surface area contributed by atoms with Crippen molar-refractivity contribution in [2.75, 3.05) is 0 Å². The van der Waals surface area contributed by atoms with Gasteiger partial charge in [0.25, 0.3) is 0 Å². The molecule has 1 fully saturated rings. The Balaban J connectivity index is 2.08. The zero-order valence-corrected chi connectivity index (χ0v) is 8.13. The number of rotatable bonds is 3. The van der Waals surface area contributed by atoms with Crippen LogP contribution in [0.4, 0.5) is 0 Å². The molecule has 0 saturated heterocycles. The van der Waals surface area contributed by atoms with E-state index in [1.165, 1.54) is 19.3 Å². The van der Waals surface area contributed by atoms with Crippen LogP contribution in [-0.4, -0.2) is 11.1 Å². The monoisotopic (exact) mass is 197 g/mol. The number of halogens is 1. The summed E-state index contributed by atoms with van der Waals surface area (Å²) in [6.45, 7) is 0. The lowest BCUT2D eigenvalue weighted by molar-refractivity contribution is 0.119. The smallest absolute Gasteiger partial charge is 0.127 e. The molecule has 2 rings (SSSR count). The summed E-state index contributed by atoms with van der Waals surface area (Å²) >= 11 is 5.76. The molecule has 1 saturated carbocycles. The van der Waals surface area contributed by atoms with E-state index in [2.05, 4.69) is 4.98 Å². The maximum absolute atomic E-state index is 5.76. The van der Waals surface area contributed by atoms with Crippen molar-refractivity contribution >= 4 is 11.6 Å². The Kier molecular flexibility index (Phi) is 2.69. The molecule has 0 spiro atoms. The molecule has 0 radical (unpaired) electrons. The number of nitrogens with zero attached hydrogens (tertiary/aromatic N) is 1. The highest BCUT2D eigenvalue weighted by molar-refractivity contribution is 6.17. The molecule has 0 N–H and O–H groups in total. The Labute approximate surface area is 82.9 Å². The Bertz CT molecular complexity index is 286. The third kappa shape index (κ3) is 1.94. The predicted molar refractivity (Wildman–Crippen MR) is 52.1 cm³/mol. The van der Waals surface area contributed by atoms with Crippen molar-refractivity contribution < 1.29 is 4.74 Å². The second-order valence-electron chi connectivity index (χ2n) is 3.29. The molecule has 1 aliphatic rings. The molecule has 1 aliphatic carbocycles. The van der Waals surface area contributed by atoms with Gasteiger partial charge in [0, 0.05) is 18.0 Å². The predicted octanol–water partition coefficient (Wildman–Crippen LogP) is 2.75. The number of pyridine rings is 1. The van der Waals surface area contributed by atoms with Crippen LogP contribution in [0, 0.1) is 0 Å². The van der Waals surface area contributed by atoms with Crippen LogP contribution in [0.15, 0.2) is 18.5 Å². The van der Waals surface area contributed by atoms with E-state index in [1.807, 2.05) is 6.07 Å². The van der Waals surface area contributed by atoms with Crippen LogP contribution in [0.2, 0.25) is 0 Å². The summed E-state index contributed by atoms with van der Waals surface area (Å²) in [5, 5.41) is 0. The van der Waals surface area contributed by atoms with Gasteiger partial charge in [-0.3, -0.25) is 4.98 Å². The number of alkyl halides is 1. The Hall–Kier alpha value is -0.760. The molecule has 0 unspecified atom stereocenters. The SMILES string of the molecule is ClCc1cnccc1OC1CCC1. The van der Waals surface area contributed by atoms with Crippen molar-refractivity contribution in [1.29, 1.82) is 0 Å². The van der Waals surface area contributed by atoms with E-state index < -0.39 is 0 Å². The van der Waals surface area contributed by atoms with Gasteiger partial charge in [-0.2, -0.15) is 0 Å². The zero-order valence-electron chi connectivity index (χ0n) is 7.37. The molecule has 0 atom stereocenters. The number of hydrogen-bond donors (Lipinski definition) is 0. The van der Waals surface area contributed by atoms with Crippen molar-refractivity contribution in [3.05, 3.63) is 24.0 Å². The minimum atomic E-state index is 0.407. The van der Waals surface area contributed by atoms with E-state index in [-0.39, 0.29) is 0 Å². The van der Waals surface area contributed by atoms with Gasteiger partial charge in [0.2, 0.25) is 0 Å². The molecule has 13 heavy (non-hydrogen) atoms. The lowest BCUT2D eigenvalue weighted by atomic mass is 9.96. The second-order valence-corrected chi connectivity index (χ2v) is 3.56. The van der Waals surface area contributed by atoms with E-state index in [1.54, 1.807) is 12.4 Å². The summed E-state index contributed by atoms with van der Waals surface area (Å²) in [5.41, 5.74) is 0.982. The van der Waals surface area contributed by atoms with Crippen molar-refractivity contribution in [1.82, 2.24) is 4.98 Å². The van der Waals surface area contributed by atoms with Gasteiger partial charge in [-0.05, 0) is 25.3 Å². The topological polar surface area (TPSA) is 22.1 Å². The second kappa shape index (κ2) is 3.97. The summed E-state index contributed by atoms with van der Waals surface area (Å²) in [5.74, 6) is 1.37. The third-order valence-corrected chi connectivity index (χ3v) is 2.64. The summed E-state index contributed by atoms with van der Waals surface area (Å²) in [4.78, 5) is 4.00. The van der Waals surface area contributed by atoms with E-state index in [0.717, 1.165) is 11.3 Å². The molecule has 0 aliphatic heterocycles. The van der Waals surface area contributed by atoms with Crippen LogP contribution in [0.3, 0.4) is 0 Å². The van der Waals surface area contributed by atoms with E-state index >= 15 is 0 Å². The fourth-order valence-electron chi connectivity index (χ4n) is 1.30. The van der Waals surface area contributed by atoms with Gasteiger partial charge in [-0.25, -0.2) is 0 Å². The first-order valence-corrected chi connectivity index (χ1v) is 5.09. The average Bonchev–Trinajstić information content (AvgIpc) is 2.12. The molecule has 70 valence electrons. The van der Waals surface area contributed by atoms with E-state index in [4.69, 9.17) is 16.3 Å². The molecule has 0 aromatic carbocycles. The summed E-state index contributed by atoms with van der Waals surface area (Å²) in [7, 11) is 0. The van der Waals surface area contributed by atoms with Crippen molar-refractivity contribution in [2.45, 2.75) is 31.2 Å². The first-order chi connectivity index (χ1) is 6.40. The summed E-state index contributed by atoms with van der Waals surface area (Å²) in [6, 6.07) is 1.88. The van der Waals surface area contributed by atoms with Gasteiger partial charge < -0.3 is 4.74 Å². The van der Waals surface area contributed by atoms with Gasteiger partial charge in [0.15, 0.2) is 0 Å². The Morgan fingerprint density at radius 1 is 1.54 bits per heavy atom. The summed E-state index contributed by atoms with van der Waals surface area (Å²) in [6.07, 6.45) is 7.54. The minimum Gasteiger partial charge on any atom is -0.490 e. The first kappa shape index (κ1) is 8.82. The molecule has 3 heteroatoms. The number of aromatic nitrogens is 1. The molecular weight excluding hydrogens is 186 g/mol. The fraction of sp³-hybridized carbons (Fsp3) is 0.500. The zero-order chi connectivity index (χ0) is 9.10. The van der Waals surface area contributed by atoms with Crippen LogP contribution in [0.1, 0.15) is 24.8 Å². The van der Waals surface area contributed by atoms with Crippen LogP contribution in [-0.2, 0) is 5.88 Å². The van der Waals surface area contributed by atoms with Crippen molar-refractivity contribution in [3.63, 3.8) is 0 Å². The minimum absolute atomic E-state index is 0.407. The maximum Gasteiger partial charge on any atom is 0.127 e. The van der Waals surface area contributed by atoms with Crippen LogP contribution in [0.25, 0.3) is 0 Å². The molecule has 1 heterocycles. The standard InChI is InChI=1S/C10H12ClNO/c11-6-8-7-12-5-4-10(8)13-9-2-1-3-9/h4-5,7,9H,1-3,6H2. The van der Waals surface area contributed by atoms with Crippen LogP contribution >= 0.6 is 11.6 Å². The lowest BCUT2D eigenvalue weighted by Crippen LogP contribution is -2.24. The Morgan fingerprint density at radius 3 is 3.00 bits per heavy atom. The first-order valence-electron chi connectivity index (χ1n) is 4.55. The molecular formula is C10H12ClNO. The Morgan fingerprint density at radius 2 is 2.38 bits per heavy atom. The van der Waals surface area contributed by atoms with E-state index in [0.29, 0.717) is 12.0 Å². The van der Waals surface area contributed by atoms with Gasteiger partial charge in [0.05, 0.1) is 12.0 Å². The molecule has 1 aromatic rings. The molecule has 0 bridgehead atoms. The highest BCUT2D eigenvalue weighted by Gasteiger charge is 2.19. The lowest BCUT2D eigenvalue weighted by Gasteiger charge is -2.27. The van der Waals surface area contributed by atoms with Gasteiger partial charge in [0.1, 0.15) is 5.75 Å². The van der Waals surface area contributed by atoms with Gasteiger partial charge in [-0.15, -0.1) is 11.6 Å². The van der Waals surface area contributed by atoms with Crippen LogP contribution < -0.4 is 4.74 Å². The normalized spacial score (nSPS) is 16.7. The third-order valence-electron chi connectivity index (χ3n) is 2.35. The highest BCUT2D eigenvalue weighted by Crippen LogP contribution is 2.27. The van der Waals surface area contributed by atoms with E-state index in [9.17, 15) is 0 Å². The fourth-order valence-corrected chi connectivity index (χ4v) is 1.50. The molecule has 1 aromatic heterocycles. The molecule has 2 nitrogen and oxygen atoms in total. The summed E-state index contributed by atoms with van der Waals surface area (Å²) < 4.78 is 5.75. The largest absolute Gasteiger partial charge is 0.490 e.